The number of piperidine rings is 1. The van der Waals surface area contributed by atoms with Crippen molar-refractivity contribution in [2.75, 3.05) is 37.0 Å². The molecule has 0 aliphatic carbocycles. The van der Waals surface area contributed by atoms with E-state index in [-0.39, 0.29) is 0 Å². The average molecular weight is 313 g/mol. The smallest absolute Gasteiger partial charge is 0.244 e. The summed E-state index contributed by atoms with van der Waals surface area (Å²) in [6.07, 6.45) is 3.83. The van der Waals surface area contributed by atoms with E-state index in [4.69, 9.17) is 11.6 Å². The van der Waals surface area contributed by atoms with Gasteiger partial charge in [-0.05, 0) is 12.8 Å². The zero-order valence-corrected chi connectivity index (χ0v) is 13.1. The maximum Gasteiger partial charge on any atom is 0.244 e. The normalized spacial score (nSPS) is 16.6. The number of anilines is 2. The van der Waals surface area contributed by atoms with Crippen LogP contribution >= 0.6 is 22.9 Å². The fraction of sp³-hybridized carbons (Fsp3) is 0.583. The van der Waals surface area contributed by atoms with Crippen LogP contribution < -0.4 is 9.80 Å². The largest absolute Gasteiger partial charge is 0.348 e. The first-order chi connectivity index (χ1) is 9.63. The average Bonchev–Trinajstić information content (AvgIpc) is 3.08. The summed E-state index contributed by atoms with van der Waals surface area (Å²) in [5.41, 5.74) is 0. The van der Waals surface area contributed by atoms with Crippen molar-refractivity contribution >= 4 is 34.0 Å². The number of hydrogen-bond acceptors (Lipinski definition) is 6. The summed E-state index contributed by atoms with van der Waals surface area (Å²) in [5.74, 6) is 2.18. The lowest BCUT2D eigenvalue weighted by Gasteiger charge is -2.30. The van der Waals surface area contributed by atoms with E-state index in [1.807, 2.05) is 19.0 Å². The highest BCUT2D eigenvalue weighted by atomic mass is 35.5. The van der Waals surface area contributed by atoms with Gasteiger partial charge in [0.2, 0.25) is 5.95 Å². The lowest BCUT2D eigenvalue weighted by molar-refractivity contribution is 0.486. The molecule has 6 nitrogen and oxygen atoms in total. The maximum absolute atomic E-state index is 5.94. The third-order valence-electron chi connectivity index (χ3n) is 3.51. The summed E-state index contributed by atoms with van der Waals surface area (Å²) in [4.78, 5) is 13.1. The van der Waals surface area contributed by atoms with E-state index >= 15 is 0 Å². The van der Waals surface area contributed by atoms with E-state index in [0.29, 0.717) is 5.92 Å². The Balaban J connectivity index is 1.63. The number of hydrogen-bond donors (Lipinski definition) is 1. The molecule has 2 aromatic heterocycles. The topological polar surface area (TPSA) is 60.9 Å². The zero-order valence-electron chi connectivity index (χ0n) is 11.5. The predicted octanol–water partition coefficient (Wildman–Crippen LogP) is 2.36. The minimum absolute atomic E-state index is 0.447. The van der Waals surface area contributed by atoms with E-state index in [1.165, 1.54) is 11.3 Å². The van der Waals surface area contributed by atoms with Gasteiger partial charge in [-0.1, -0.05) is 22.9 Å². The van der Waals surface area contributed by atoms with Gasteiger partial charge in [0.05, 0.1) is 6.20 Å². The van der Waals surface area contributed by atoms with Gasteiger partial charge in [-0.3, -0.25) is 5.10 Å². The van der Waals surface area contributed by atoms with Crippen LogP contribution in [0.4, 0.5) is 11.1 Å². The van der Waals surface area contributed by atoms with Gasteiger partial charge < -0.3 is 9.80 Å². The molecule has 2 aromatic rings. The van der Waals surface area contributed by atoms with Crippen molar-refractivity contribution in [3.8, 4) is 0 Å². The number of aromatic amines is 1. The Hall–Kier alpha value is -1.34. The lowest BCUT2D eigenvalue weighted by atomic mass is 9.96. The standard InChI is InChI=1S/C12H17ClN6S/c1-18(2)11-15-10(16-17-11)8-3-5-19(6-4-8)12-14-7-9(13)20-12/h7-8H,3-6H2,1-2H3,(H,15,16,17). The highest BCUT2D eigenvalue weighted by Crippen LogP contribution is 2.32. The van der Waals surface area contributed by atoms with Gasteiger partial charge in [0.15, 0.2) is 5.13 Å². The molecular weight excluding hydrogens is 296 g/mol. The van der Waals surface area contributed by atoms with E-state index in [2.05, 4.69) is 25.1 Å². The summed E-state index contributed by atoms with van der Waals surface area (Å²) < 4.78 is 0.744. The molecule has 1 N–H and O–H groups in total. The lowest BCUT2D eigenvalue weighted by Crippen LogP contribution is -2.33. The molecule has 8 heteroatoms. The summed E-state index contributed by atoms with van der Waals surface area (Å²) in [5, 5.41) is 8.29. The van der Waals surface area contributed by atoms with Crippen molar-refractivity contribution in [2.24, 2.45) is 0 Å². The highest BCUT2D eigenvalue weighted by Gasteiger charge is 2.25. The van der Waals surface area contributed by atoms with Crippen molar-refractivity contribution in [1.82, 2.24) is 20.2 Å². The van der Waals surface area contributed by atoms with Crippen LogP contribution in [0, 0.1) is 0 Å². The van der Waals surface area contributed by atoms with Crippen LogP contribution in [0.5, 0.6) is 0 Å². The minimum Gasteiger partial charge on any atom is -0.348 e. The Morgan fingerprint density at radius 1 is 1.40 bits per heavy atom. The molecule has 1 aliphatic heterocycles. The van der Waals surface area contributed by atoms with Gasteiger partial charge in [-0.25, -0.2) is 4.98 Å². The van der Waals surface area contributed by atoms with E-state index in [0.717, 1.165) is 47.2 Å². The van der Waals surface area contributed by atoms with Crippen LogP contribution in [-0.2, 0) is 0 Å². The molecule has 20 heavy (non-hydrogen) atoms. The van der Waals surface area contributed by atoms with E-state index in [9.17, 15) is 0 Å². The van der Waals surface area contributed by atoms with Crippen LogP contribution in [0.1, 0.15) is 24.6 Å². The first kappa shape index (κ1) is 13.6. The molecule has 0 unspecified atom stereocenters. The van der Waals surface area contributed by atoms with Gasteiger partial charge in [0, 0.05) is 33.1 Å². The van der Waals surface area contributed by atoms with Gasteiger partial charge in [-0.15, -0.1) is 5.10 Å². The van der Waals surface area contributed by atoms with Crippen molar-refractivity contribution in [3.05, 3.63) is 16.4 Å². The van der Waals surface area contributed by atoms with Crippen molar-refractivity contribution < 1.29 is 0 Å². The number of rotatable bonds is 3. The van der Waals surface area contributed by atoms with Crippen molar-refractivity contribution in [3.63, 3.8) is 0 Å². The third kappa shape index (κ3) is 2.73. The molecule has 1 saturated heterocycles. The van der Waals surface area contributed by atoms with E-state index in [1.54, 1.807) is 6.20 Å². The monoisotopic (exact) mass is 312 g/mol. The van der Waals surface area contributed by atoms with Crippen LogP contribution in [0.25, 0.3) is 0 Å². The Morgan fingerprint density at radius 3 is 2.70 bits per heavy atom. The molecule has 0 saturated carbocycles. The van der Waals surface area contributed by atoms with Crippen LogP contribution in [0.15, 0.2) is 6.20 Å². The number of thiazole rings is 1. The Morgan fingerprint density at radius 2 is 2.15 bits per heavy atom. The van der Waals surface area contributed by atoms with Crippen LogP contribution in [-0.4, -0.2) is 47.4 Å². The van der Waals surface area contributed by atoms with Gasteiger partial charge in [0.1, 0.15) is 10.2 Å². The minimum atomic E-state index is 0.447. The molecule has 0 aromatic carbocycles. The van der Waals surface area contributed by atoms with Crippen molar-refractivity contribution in [1.29, 1.82) is 0 Å². The SMILES string of the molecule is CN(C)c1n[nH]c(C2CCN(c3ncc(Cl)s3)CC2)n1. The third-order valence-corrected chi connectivity index (χ3v) is 4.68. The molecule has 3 heterocycles. The fourth-order valence-corrected chi connectivity index (χ4v) is 3.34. The Labute approximate surface area is 126 Å². The molecule has 0 bridgehead atoms. The summed E-state index contributed by atoms with van der Waals surface area (Å²) >= 11 is 7.48. The Bertz CT molecular complexity index is 572. The second kappa shape index (κ2) is 5.57. The number of nitrogens with one attached hydrogen (secondary N) is 1. The van der Waals surface area contributed by atoms with Gasteiger partial charge in [-0.2, -0.15) is 4.98 Å². The van der Waals surface area contributed by atoms with Crippen LogP contribution in [0.3, 0.4) is 0 Å². The predicted molar refractivity (Wildman–Crippen MR) is 82.0 cm³/mol. The molecule has 0 amide bonds. The van der Waals surface area contributed by atoms with E-state index < -0.39 is 0 Å². The summed E-state index contributed by atoms with van der Waals surface area (Å²) in [6.45, 7) is 1.96. The number of aromatic nitrogens is 4. The van der Waals surface area contributed by atoms with Crippen LogP contribution in [0.2, 0.25) is 4.34 Å². The summed E-state index contributed by atoms with van der Waals surface area (Å²) in [7, 11) is 3.89. The highest BCUT2D eigenvalue weighted by molar-refractivity contribution is 7.19. The molecule has 108 valence electrons. The van der Waals surface area contributed by atoms with Gasteiger partial charge in [0.25, 0.3) is 0 Å². The molecule has 0 spiro atoms. The molecule has 3 rings (SSSR count). The second-order valence-corrected chi connectivity index (χ2v) is 6.76. The Kier molecular flexibility index (Phi) is 3.80. The van der Waals surface area contributed by atoms with Gasteiger partial charge >= 0.3 is 0 Å². The zero-order chi connectivity index (χ0) is 14.1. The first-order valence-corrected chi connectivity index (χ1v) is 7.79. The molecule has 1 fully saturated rings. The molecule has 0 atom stereocenters. The quantitative estimate of drug-likeness (QED) is 0.942. The maximum atomic E-state index is 5.94. The molecule has 1 aliphatic rings. The number of H-pyrrole nitrogens is 1. The van der Waals surface area contributed by atoms with Crippen molar-refractivity contribution in [2.45, 2.75) is 18.8 Å². The first-order valence-electron chi connectivity index (χ1n) is 6.59. The summed E-state index contributed by atoms with van der Waals surface area (Å²) in [6, 6.07) is 0. The number of halogens is 1. The second-order valence-electron chi connectivity index (χ2n) is 5.12. The number of nitrogens with zero attached hydrogens (tertiary/aromatic N) is 5. The molecular formula is C12H17ClN6S. The fourth-order valence-electron chi connectivity index (χ4n) is 2.38. The molecule has 0 radical (unpaired) electrons.